The van der Waals surface area contributed by atoms with E-state index in [9.17, 15) is 14.4 Å². The number of carbonyl (C=O) groups excluding carboxylic acids is 3. The average molecular weight is 709 g/mol. The second-order valence-electron chi connectivity index (χ2n) is 12.5. The number of fused-ring (bicyclic) bond motifs is 1. The Bertz CT molecular complexity index is 2330. The summed E-state index contributed by atoms with van der Waals surface area (Å²) in [6.45, 7) is 1.74. The molecule has 53 heavy (non-hydrogen) atoms. The van der Waals surface area contributed by atoms with Crippen molar-refractivity contribution < 1.29 is 23.9 Å². The Labute approximate surface area is 304 Å². The number of para-hydroxylation sites is 1. The molecule has 0 fully saturated rings. The van der Waals surface area contributed by atoms with Crippen LogP contribution in [0.15, 0.2) is 128 Å². The minimum absolute atomic E-state index is 0.0974. The topological polar surface area (TPSA) is 148 Å². The Morgan fingerprint density at radius 1 is 0.679 bits per heavy atom. The van der Waals surface area contributed by atoms with Crippen molar-refractivity contribution in [3.63, 3.8) is 0 Å². The SMILES string of the molecule is COC(=O)[C@H](Cc1ccc(OCc2cn(Cc3ccccc3)nn2)cc1)NC(=O)C(=O)c1cn(Cc2cn(Cc3ccccc3)nn2)c2ccccc12. The van der Waals surface area contributed by atoms with Gasteiger partial charge in [0.05, 0.1) is 44.7 Å². The predicted octanol–water partition coefficient (Wildman–Crippen LogP) is 4.63. The molecule has 4 aromatic carbocycles. The van der Waals surface area contributed by atoms with Gasteiger partial charge in [-0.15, -0.1) is 10.2 Å². The molecule has 0 aliphatic carbocycles. The number of amides is 1. The summed E-state index contributed by atoms with van der Waals surface area (Å²) < 4.78 is 16.2. The summed E-state index contributed by atoms with van der Waals surface area (Å²) in [5.41, 5.74) is 5.28. The highest BCUT2D eigenvalue weighted by molar-refractivity contribution is 6.45. The van der Waals surface area contributed by atoms with E-state index in [1.54, 1.807) is 52.0 Å². The molecule has 7 aromatic rings. The average Bonchev–Trinajstić information content (AvgIpc) is 3.93. The molecule has 0 unspecified atom stereocenters. The van der Waals surface area contributed by atoms with Gasteiger partial charge < -0.3 is 19.4 Å². The molecule has 0 spiro atoms. The summed E-state index contributed by atoms with van der Waals surface area (Å²) in [4.78, 5) is 39.8. The zero-order valence-electron chi connectivity index (χ0n) is 28.9. The molecule has 0 saturated carbocycles. The van der Waals surface area contributed by atoms with Crippen molar-refractivity contribution >= 4 is 28.6 Å². The quantitative estimate of drug-likeness (QED) is 0.0915. The number of aromatic nitrogens is 7. The number of Topliss-reactive ketones (excluding diaryl/α,β-unsaturated/α-hetero) is 1. The van der Waals surface area contributed by atoms with Crippen LogP contribution >= 0.6 is 0 Å². The van der Waals surface area contributed by atoms with E-state index in [0.29, 0.717) is 42.2 Å². The van der Waals surface area contributed by atoms with Gasteiger partial charge in [0.1, 0.15) is 29.8 Å². The van der Waals surface area contributed by atoms with Crippen molar-refractivity contribution in [2.75, 3.05) is 7.11 Å². The van der Waals surface area contributed by atoms with Crippen molar-refractivity contribution in [2.45, 2.75) is 38.7 Å². The molecule has 0 saturated heterocycles. The Kier molecular flexibility index (Phi) is 10.4. The Morgan fingerprint density at radius 2 is 1.28 bits per heavy atom. The van der Waals surface area contributed by atoms with Gasteiger partial charge in [-0.2, -0.15) is 0 Å². The lowest BCUT2D eigenvalue weighted by molar-refractivity contribution is -0.144. The van der Waals surface area contributed by atoms with Crippen LogP contribution in [0.1, 0.15) is 38.4 Å². The van der Waals surface area contributed by atoms with Crippen molar-refractivity contribution in [3.8, 4) is 5.75 Å². The normalized spacial score (nSPS) is 11.6. The summed E-state index contributed by atoms with van der Waals surface area (Å²) >= 11 is 0. The van der Waals surface area contributed by atoms with Crippen LogP contribution in [0.25, 0.3) is 10.9 Å². The Morgan fingerprint density at radius 3 is 1.94 bits per heavy atom. The third-order valence-corrected chi connectivity index (χ3v) is 8.66. The highest BCUT2D eigenvalue weighted by Crippen LogP contribution is 2.23. The molecular weight excluding hydrogens is 672 g/mol. The van der Waals surface area contributed by atoms with Gasteiger partial charge in [-0.25, -0.2) is 14.2 Å². The van der Waals surface area contributed by atoms with Crippen LogP contribution in [-0.4, -0.2) is 65.4 Å². The number of nitrogens with zero attached hydrogens (tertiary/aromatic N) is 7. The standard InChI is InChI=1S/C40H36N8O5/c1-52-40(51)36(20-28-16-18-33(19-17-28)53-27-32-25-48(45-43-32)22-30-12-6-3-7-13-30)41-39(50)38(49)35-26-46(37-15-9-8-14-34(35)37)23-31-24-47(44-42-31)21-29-10-4-2-5-11-29/h2-19,24-26,36H,20-23,27H2,1H3,(H,41,50)/t36-/m0/s1. The number of rotatable bonds is 15. The first kappa shape index (κ1) is 34.6. The first-order chi connectivity index (χ1) is 25.9. The van der Waals surface area contributed by atoms with Gasteiger partial charge in [-0.3, -0.25) is 9.59 Å². The fraction of sp³-hybridized carbons (Fsp3) is 0.175. The van der Waals surface area contributed by atoms with Crippen LogP contribution in [0.4, 0.5) is 0 Å². The third-order valence-electron chi connectivity index (χ3n) is 8.66. The van der Waals surface area contributed by atoms with Gasteiger partial charge >= 0.3 is 5.97 Å². The zero-order chi connectivity index (χ0) is 36.6. The van der Waals surface area contributed by atoms with Crippen LogP contribution in [0, 0.1) is 0 Å². The van der Waals surface area contributed by atoms with Gasteiger partial charge in [0, 0.05) is 23.5 Å². The fourth-order valence-corrected chi connectivity index (χ4v) is 6.04. The smallest absolute Gasteiger partial charge is 0.328 e. The van der Waals surface area contributed by atoms with E-state index in [0.717, 1.165) is 22.2 Å². The molecule has 266 valence electrons. The molecule has 1 amide bonds. The van der Waals surface area contributed by atoms with Crippen LogP contribution < -0.4 is 10.1 Å². The first-order valence-electron chi connectivity index (χ1n) is 17.0. The van der Waals surface area contributed by atoms with E-state index in [2.05, 4.69) is 25.9 Å². The Balaban J connectivity index is 0.979. The zero-order valence-corrected chi connectivity index (χ0v) is 28.9. The summed E-state index contributed by atoms with van der Waals surface area (Å²) in [5.74, 6) is -1.77. The maximum Gasteiger partial charge on any atom is 0.328 e. The van der Waals surface area contributed by atoms with Gasteiger partial charge in [0.25, 0.3) is 11.7 Å². The van der Waals surface area contributed by atoms with Gasteiger partial charge in [0.2, 0.25) is 0 Å². The predicted molar refractivity (Wildman–Crippen MR) is 195 cm³/mol. The lowest BCUT2D eigenvalue weighted by Crippen LogP contribution is -2.45. The van der Waals surface area contributed by atoms with Crippen molar-refractivity contribution in [2.24, 2.45) is 0 Å². The number of ether oxygens (including phenoxy) is 2. The number of carbonyl (C=O) groups is 3. The number of hydrogen-bond donors (Lipinski definition) is 1. The summed E-state index contributed by atoms with van der Waals surface area (Å²) in [5, 5.41) is 20.1. The van der Waals surface area contributed by atoms with E-state index < -0.39 is 23.7 Å². The van der Waals surface area contributed by atoms with Gasteiger partial charge in [0.15, 0.2) is 0 Å². The van der Waals surface area contributed by atoms with E-state index in [-0.39, 0.29) is 18.6 Å². The second-order valence-corrected chi connectivity index (χ2v) is 12.5. The van der Waals surface area contributed by atoms with E-state index in [1.165, 1.54) is 7.11 Å². The largest absolute Gasteiger partial charge is 0.487 e. The number of nitrogens with one attached hydrogen (secondary N) is 1. The molecule has 3 heterocycles. The maximum atomic E-state index is 13.6. The molecule has 13 heteroatoms. The fourth-order valence-electron chi connectivity index (χ4n) is 6.04. The molecule has 3 aromatic heterocycles. The summed E-state index contributed by atoms with van der Waals surface area (Å²) in [6.07, 6.45) is 5.43. The summed E-state index contributed by atoms with van der Waals surface area (Å²) in [7, 11) is 1.24. The maximum absolute atomic E-state index is 13.6. The molecule has 13 nitrogen and oxygen atoms in total. The molecular formula is C40H36N8O5. The van der Waals surface area contributed by atoms with Crippen LogP contribution in [0.3, 0.4) is 0 Å². The van der Waals surface area contributed by atoms with Crippen molar-refractivity contribution in [1.82, 2.24) is 39.9 Å². The lowest BCUT2D eigenvalue weighted by Gasteiger charge is -2.16. The molecule has 1 atom stereocenters. The molecule has 0 aliphatic rings. The number of methoxy groups -OCH3 is 1. The highest BCUT2D eigenvalue weighted by atomic mass is 16.5. The Hall–Kier alpha value is -6.89. The number of hydrogen-bond acceptors (Lipinski definition) is 9. The molecule has 7 rings (SSSR count). The van der Waals surface area contributed by atoms with Gasteiger partial charge in [-0.1, -0.05) is 101 Å². The molecule has 0 bridgehead atoms. The second kappa shape index (κ2) is 16.0. The molecule has 1 N–H and O–H groups in total. The monoisotopic (exact) mass is 708 g/mol. The van der Waals surface area contributed by atoms with Crippen molar-refractivity contribution in [3.05, 3.63) is 161 Å². The van der Waals surface area contributed by atoms with Crippen LogP contribution in [0.2, 0.25) is 0 Å². The highest BCUT2D eigenvalue weighted by Gasteiger charge is 2.28. The van der Waals surface area contributed by atoms with E-state index >= 15 is 0 Å². The van der Waals surface area contributed by atoms with Crippen LogP contribution in [0.5, 0.6) is 5.75 Å². The third kappa shape index (κ3) is 8.53. The molecule has 0 radical (unpaired) electrons. The minimum atomic E-state index is -1.10. The number of ketones is 1. The number of esters is 1. The van der Waals surface area contributed by atoms with Crippen molar-refractivity contribution in [1.29, 1.82) is 0 Å². The molecule has 0 aliphatic heterocycles. The lowest BCUT2D eigenvalue weighted by atomic mass is 10.0. The van der Waals surface area contributed by atoms with E-state index in [1.807, 2.05) is 89.8 Å². The van der Waals surface area contributed by atoms with E-state index in [4.69, 9.17) is 9.47 Å². The first-order valence-corrected chi connectivity index (χ1v) is 17.0. The summed E-state index contributed by atoms with van der Waals surface area (Å²) in [6, 6.07) is 33.2. The van der Waals surface area contributed by atoms with Gasteiger partial charge in [-0.05, 0) is 34.9 Å². The minimum Gasteiger partial charge on any atom is -0.487 e. The van der Waals surface area contributed by atoms with Crippen LogP contribution in [-0.2, 0) is 47.0 Å². The number of benzene rings is 4.